The molecule has 1 heteroatoms. The molecule has 3 rings (SSSR count). The van der Waals surface area contributed by atoms with Gasteiger partial charge in [0.1, 0.15) is 0 Å². The number of hydrogen-bond donors (Lipinski definition) is 0. The monoisotopic (exact) mass is 275 g/mol. The van der Waals surface area contributed by atoms with E-state index < -0.39 is 0 Å². The van der Waals surface area contributed by atoms with Gasteiger partial charge in [-0.25, -0.2) is 0 Å². The second-order valence-corrected chi connectivity index (χ2v) is 5.84. The second kappa shape index (κ2) is 6.09. The summed E-state index contributed by atoms with van der Waals surface area (Å²) in [6.07, 6.45) is 3.90. The maximum absolute atomic E-state index is 4.42. The topological polar surface area (TPSA) is 12.9 Å². The Labute approximate surface area is 126 Å². The molecule has 0 saturated heterocycles. The van der Waals surface area contributed by atoms with Crippen LogP contribution in [0.2, 0.25) is 0 Å². The zero-order chi connectivity index (χ0) is 14.7. The van der Waals surface area contributed by atoms with Crippen molar-refractivity contribution in [2.24, 2.45) is 0 Å². The second-order valence-electron chi connectivity index (χ2n) is 5.84. The summed E-state index contributed by atoms with van der Waals surface area (Å²) < 4.78 is 0. The number of benzene rings is 2. The van der Waals surface area contributed by atoms with Crippen LogP contribution >= 0.6 is 0 Å². The molecule has 0 saturated carbocycles. The Bertz CT molecular complexity index is 729. The summed E-state index contributed by atoms with van der Waals surface area (Å²) in [6, 6.07) is 19.5. The van der Waals surface area contributed by atoms with Crippen molar-refractivity contribution in [1.29, 1.82) is 0 Å². The van der Waals surface area contributed by atoms with Crippen LogP contribution in [0.1, 0.15) is 36.6 Å². The van der Waals surface area contributed by atoms with Gasteiger partial charge in [0.15, 0.2) is 0 Å². The summed E-state index contributed by atoms with van der Waals surface area (Å²) in [6.45, 7) is 4.52. The van der Waals surface area contributed by atoms with E-state index in [1.54, 1.807) is 0 Å². The van der Waals surface area contributed by atoms with E-state index in [4.69, 9.17) is 0 Å². The van der Waals surface area contributed by atoms with Gasteiger partial charge in [-0.1, -0.05) is 56.3 Å². The van der Waals surface area contributed by atoms with Crippen molar-refractivity contribution < 1.29 is 0 Å². The van der Waals surface area contributed by atoms with E-state index in [0.29, 0.717) is 5.92 Å². The Morgan fingerprint density at radius 2 is 1.62 bits per heavy atom. The normalized spacial score (nSPS) is 11.2. The van der Waals surface area contributed by atoms with Gasteiger partial charge in [0.2, 0.25) is 0 Å². The first kappa shape index (κ1) is 13.8. The molecule has 0 bridgehead atoms. The summed E-state index contributed by atoms with van der Waals surface area (Å²) >= 11 is 0. The van der Waals surface area contributed by atoms with E-state index in [0.717, 1.165) is 18.5 Å². The lowest BCUT2D eigenvalue weighted by molar-refractivity contribution is 0.875. The Morgan fingerprint density at radius 1 is 0.810 bits per heavy atom. The summed E-state index contributed by atoms with van der Waals surface area (Å²) in [5.41, 5.74) is 4.02. The van der Waals surface area contributed by atoms with Gasteiger partial charge >= 0.3 is 0 Å². The third kappa shape index (κ3) is 2.97. The summed E-state index contributed by atoms with van der Waals surface area (Å²) in [4.78, 5) is 4.42. The first-order valence-electron chi connectivity index (χ1n) is 7.66. The van der Waals surface area contributed by atoms with E-state index in [9.17, 15) is 0 Å². The Balaban J connectivity index is 1.94. The van der Waals surface area contributed by atoms with Crippen molar-refractivity contribution in [2.45, 2.75) is 32.6 Å². The lowest BCUT2D eigenvalue weighted by Crippen LogP contribution is -1.96. The van der Waals surface area contributed by atoms with E-state index in [2.05, 4.69) is 67.4 Å². The highest BCUT2D eigenvalue weighted by atomic mass is 14.7. The van der Waals surface area contributed by atoms with Crippen molar-refractivity contribution >= 4 is 10.8 Å². The molecule has 0 amide bonds. The average Bonchev–Trinajstić information content (AvgIpc) is 2.53. The third-order valence-electron chi connectivity index (χ3n) is 4.04. The molecule has 0 fully saturated rings. The maximum Gasteiger partial charge on any atom is 0.0406 e. The van der Waals surface area contributed by atoms with Crippen LogP contribution in [-0.4, -0.2) is 4.98 Å². The number of nitrogens with zero attached hydrogens (tertiary/aromatic N) is 1. The number of aryl methyl sites for hydroxylation is 2. The summed E-state index contributed by atoms with van der Waals surface area (Å²) in [5.74, 6) is 0.555. The third-order valence-corrected chi connectivity index (χ3v) is 4.04. The van der Waals surface area contributed by atoms with Crippen LogP contribution in [-0.2, 0) is 12.8 Å². The fraction of sp³-hybridized carbons (Fsp3) is 0.250. The molecule has 0 aliphatic rings. The van der Waals surface area contributed by atoms with Crippen molar-refractivity contribution in [3.63, 3.8) is 0 Å². The van der Waals surface area contributed by atoms with Crippen molar-refractivity contribution in [3.8, 4) is 0 Å². The lowest BCUT2D eigenvalue weighted by Gasteiger charge is -2.13. The van der Waals surface area contributed by atoms with Crippen LogP contribution in [0.25, 0.3) is 10.8 Å². The molecule has 21 heavy (non-hydrogen) atoms. The molecule has 1 nitrogen and oxygen atoms in total. The highest BCUT2D eigenvalue weighted by Crippen LogP contribution is 2.28. The molecule has 106 valence electrons. The average molecular weight is 275 g/mol. The molecule has 0 spiro atoms. The largest absolute Gasteiger partial charge is 0.261 e. The molecular weight excluding hydrogens is 254 g/mol. The molecule has 0 unspecified atom stereocenters. The molecule has 0 atom stereocenters. The van der Waals surface area contributed by atoms with Gasteiger partial charge < -0.3 is 0 Å². The molecule has 3 aromatic rings. The van der Waals surface area contributed by atoms with E-state index in [-0.39, 0.29) is 0 Å². The minimum Gasteiger partial charge on any atom is -0.261 e. The van der Waals surface area contributed by atoms with Gasteiger partial charge in [-0.05, 0) is 52.8 Å². The molecule has 0 N–H and O–H groups in total. The standard InChI is InChI=1S/C20H21N/c1-15(2)18-9-6-10-19-16(7-5-11-20(18)19)12-13-17-8-3-4-14-21-17/h3-11,14-15H,12-13H2,1-2H3. The van der Waals surface area contributed by atoms with Gasteiger partial charge in [0.05, 0.1) is 0 Å². The summed E-state index contributed by atoms with van der Waals surface area (Å²) in [7, 11) is 0. The molecular formula is C20H21N. The molecule has 0 radical (unpaired) electrons. The van der Waals surface area contributed by atoms with Gasteiger partial charge in [-0.3, -0.25) is 4.98 Å². The van der Waals surface area contributed by atoms with Crippen LogP contribution in [0.15, 0.2) is 60.8 Å². The smallest absolute Gasteiger partial charge is 0.0406 e. The number of fused-ring (bicyclic) bond motifs is 1. The van der Waals surface area contributed by atoms with Crippen LogP contribution in [0.5, 0.6) is 0 Å². The van der Waals surface area contributed by atoms with Gasteiger partial charge in [-0.2, -0.15) is 0 Å². The molecule has 1 heterocycles. The van der Waals surface area contributed by atoms with Gasteiger partial charge in [0.25, 0.3) is 0 Å². The van der Waals surface area contributed by atoms with Crippen LogP contribution in [0, 0.1) is 0 Å². The van der Waals surface area contributed by atoms with E-state index >= 15 is 0 Å². The number of aromatic nitrogens is 1. The molecule has 0 aliphatic heterocycles. The molecule has 1 aromatic heterocycles. The van der Waals surface area contributed by atoms with Gasteiger partial charge in [-0.15, -0.1) is 0 Å². The quantitative estimate of drug-likeness (QED) is 0.642. The molecule has 0 aliphatic carbocycles. The Morgan fingerprint density at radius 3 is 2.38 bits per heavy atom. The van der Waals surface area contributed by atoms with Crippen LogP contribution in [0.4, 0.5) is 0 Å². The first-order valence-corrected chi connectivity index (χ1v) is 7.66. The lowest BCUT2D eigenvalue weighted by atomic mass is 9.92. The number of hydrogen-bond acceptors (Lipinski definition) is 1. The minimum absolute atomic E-state index is 0.555. The number of rotatable bonds is 4. The zero-order valence-corrected chi connectivity index (χ0v) is 12.7. The summed E-state index contributed by atoms with van der Waals surface area (Å²) in [5, 5.41) is 2.78. The fourth-order valence-electron chi connectivity index (χ4n) is 2.93. The van der Waals surface area contributed by atoms with Crippen LogP contribution < -0.4 is 0 Å². The highest BCUT2D eigenvalue weighted by Gasteiger charge is 2.07. The van der Waals surface area contributed by atoms with Gasteiger partial charge in [0, 0.05) is 11.9 Å². The van der Waals surface area contributed by atoms with Crippen molar-refractivity contribution in [1.82, 2.24) is 4.98 Å². The minimum atomic E-state index is 0.555. The fourth-order valence-corrected chi connectivity index (χ4v) is 2.93. The Kier molecular flexibility index (Phi) is 4.01. The number of pyridine rings is 1. The zero-order valence-electron chi connectivity index (χ0n) is 12.7. The first-order chi connectivity index (χ1) is 10.3. The van der Waals surface area contributed by atoms with Crippen LogP contribution in [0.3, 0.4) is 0 Å². The van der Waals surface area contributed by atoms with Crippen molar-refractivity contribution in [2.75, 3.05) is 0 Å². The predicted molar refractivity (Wildman–Crippen MR) is 89.7 cm³/mol. The Hall–Kier alpha value is -2.15. The maximum atomic E-state index is 4.42. The molecule has 2 aromatic carbocycles. The highest BCUT2D eigenvalue weighted by molar-refractivity contribution is 5.89. The van der Waals surface area contributed by atoms with Crippen molar-refractivity contribution in [3.05, 3.63) is 77.6 Å². The predicted octanol–water partition coefficient (Wildman–Crippen LogP) is 5.14. The SMILES string of the molecule is CC(C)c1cccc2c(CCc3ccccn3)cccc12. The van der Waals surface area contributed by atoms with E-state index in [1.165, 1.54) is 21.9 Å². The van der Waals surface area contributed by atoms with E-state index in [1.807, 2.05) is 12.3 Å².